The van der Waals surface area contributed by atoms with Crippen molar-refractivity contribution in [2.24, 2.45) is 0 Å². The Morgan fingerprint density at radius 1 is 0.311 bits per heavy atom. The molecule has 10 rings (SSSR count). The average Bonchev–Trinajstić information content (AvgIpc) is 3.78. The number of aromatic nitrogens is 3. The van der Waals surface area contributed by atoms with Crippen molar-refractivity contribution in [1.29, 1.82) is 0 Å². The fourth-order valence-corrected chi connectivity index (χ4v) is 7.45. The van der Waals surface area contributed by atoms with Crippen LogP contribution in [0, 0.1) is 0 Å². The molecule has 0 radical (unpaired) electrons. The number of rotatable bonds is 3. The van der Waals surface area contributed by atoms with E-state index >= 15 is 0 Å². The van der Waals surface area contributed by atoms with Crippen LogP contribution in [-0.2, 0) is 0 Å². The smallest absolute Gasteiger partial charge is 0.0619 e. The Hall–Kier alpha value is -6.06. The third-order valence-corrected chi connectivity index (χ3v) is 9.44. The van der Waals surface area contributed by atoms with E-state index in [1.54, 1.807) is 0 Å². The van der Waals surface area contributed by atoms with Gasteiger partial charge in [-0.25, -0.2) is 0 Å². The number of nitrogens with zero attached hydrogens (tertiary/aromatic N) is 3. The molecule has 3 heterocycles. The van der Waals surface area contributed by atoms with Crippen molar-refractivity contribution in [3.05, 3.63) is 164 Å². The minimum absolute atomic E-state index is 1.15. The topological polar surface area (TPSA) is 14.8 Å². The van der Waals surface area contributed by atoms with E-state index in [1.165, 1.54) is 71.0 Å². The number of para-hydroxylation sites is 4. The van der Waals surface area contributed by atoms with Crippen LogP contribution in [0.25, 0.3) is 82.3 Å². The molecule has 45 heavy (non-hydrogen) atoms. The molecule has 3 nitrogen and oxygen atoms in total. The molecule has 0 atom stereocenters. The van der Waals surface area contributed by atoms with Crippen molar-refractivity contribution < 1.29 is 0 Å². The molecule has 0 N–H and O–H groups in total. The highest BCUT2D eigenvalue weighted by molar-refractivity contribution is 6.20. The second-order valence-electron chi connectivity index (χ2n) is 11.9. The molecule has 0 spiro atoms. The quantitative estimate of drug-likeness (QED) is 0.200. The first-order valence-corrected chi connectivity index (χ1v) is 15.4. The summed E-state index contributed by atoms with van der Waals surface area (Å²) in [5.41, 5.74) is 9.62. The lowest BCUT2D eigenvalue weighted by Crippen LogP contribution is -1.96. The molecule has 7 aromatic carbocycles. The highest BCUT2D eigenvalue weighted by Gasteiger charge is 2.16. The first kappa shape index (κ1) is 24.4. The molecule has 0 aliphatic rings. The molecule has 3 aromatic heterocycles. The molecule has 10 aromatic rings. The number of fused-ring (bicyclic) bond motifs is 9. The molecular weight excluding hydrogens is 546 g/mol. The maximum atomic E-state index is 2.42. The predicted molar refractivity (Wildman–Crippen MR) is 189 cm³/mol. The maximum absolute atomic E-state index is 2.42. The lowest BCUT2D eigenvalue weighted by molar-refractivity contribution is 1.11. The Morgan fingerprint density at radius 2 is 0.867 bits per heavy atom. The summed E-state index contributed by atoms with van der Waals surface area (Å²) in [5, 5.41) is 8.84. The summed E-state index contributed by atoms with van der Waals surface area (Å²) >= 11 is 0. The lowest BCUT2D eigenvalue weighted by atomic mass is 10.0. The van der Waals surface area contributed by atoms with Gasteiger partial charge in [-0.2, -0.15) is 0 Å². The van der Waals surface area contributed by atoms with Crippen molar-refractivity contribution in [3.8, 4) is 17.1 Å². The summed E-state index contributed by atoms with van der Waals surface area (Å²) in [4.78, 5) is 0. The Labute approximate surface area is 259 Å². The van der Waals surface area contributed by atoms with Crippen LogP contribution >= 0.6 is 0 Å². The van der Waals surface area contributed by atoms with E-state index in [9.17, 15) is 0 Å². The van der Waals surface area contributed by atoms with E-state index in [2.05, 4.69) is 178 Å². The van der Waals surface area contributed by atoms with E-state index in [0.717, 1.165) is 11.4 Å². The maximum Gasteiger partial charge on any atom is 0.0619 e. The standard InChI is InChI=1S/C42H27N3/c1-2-10-31(11-3-1)45-40-17-9-6-14-35(40)36-23-18-28-27-41-29(26-37(28)42(36)45)24-25-43(41)30-19-21-32(22-20-30)44-38-15-7-4-12-33(38)34-13-5-8-16-39(34)44/h1-27H. The first-order valence-electron chi connectivity index (χ1n) is 15.4. The van der Waals surface area contributed by atoms with Gasteiger partial charge in [0, 0.05) is 55.6 Å². The molecule has 0 unspecified atom stereocenters. The molecule has 3 heteroatoms. The largest absolute Gasteiger partial charge is 0.317 e. The van der Waals surface area contributed by atoms with Gasteiger partial charge in [-0.3, -0.25) is 0 Å². The number of hydrogen-bond donors (Lipinski definition) is 0. The van der Waals surface area contributed by atoms with E-state index in [4.69, 9.17) is 0 Å². The molecule has 0 bridgehead atoms. The van der Waals surface area contributed by atoms with Gasteiger partial charge in [-0.05, 0) is 78.2 Å². The van der Waals surface area contributed by atoms with Crippen molar-refractivity contribution in [2.45, 2.75) is 0 Å². The molecular formula is C42H27N3. The second kappa shape index (κ2) is 9.22. The van der Waals surface area contributed by atoms with Crippen LogP contribution in [0.5, 0.6) is 0 Å². The van der Waals surface area contributed by atoms with Gasteiger partial charge in [0.2, 0.25) is 0 Å². The minimum atomic E-state index is 1.15. The number of benzene rings is 7. The normalized spacial score (nSPS) is 12.0. The zero-order valence-corrected chi connectivity index (χ0v) is 24.4. The highest BCUT2D eigenvalue weighted by atomic mass is 15.0. The van der Waals surface area contributed by atoms with Gasteiger partial charge in [0.15, 0.2) is 0 Å². The van der Waals surface area contributed by atoms with E-state index < -0.39 is 0 Å². The fraction of sp³-hybridized carbons (Fsp3) is 0. The molecule has 0 aliphatic carbocycles. The van der Waals surface area contributed by atoms with Crippen LogP contribution in [0.4, 0.5) is 0 Å². The van der Waals surface area contributed by atoms with E-state index in [1.807, 2.05) is 0 Å². The lowest BCUT2D eigenvalue weighted by Gasteiger charge is -2.12. The van der Waals surface area contributed by atoms with Gasteiger partial charge in [0.25, 0.3) is 0 Å². The monoisotopic (exact) mass is 573 g/mol. The van der Waals surface area contributed by atoms with E-state index in [-0.39, 0.29) is 0 Å². The Balaban J connectivity index is 1.15. The van der Waals surface area contributed by atoms with Crippen LogP contribution in [0.3, 0.4) is 0 Å². The molecule has 0 aliphatic heterocycles. The Morgan fingerprint density at radius 3 is 1.56 bits per heavy atom. The van der Waals surface area contributed by atoms with Crippen LogP contribution in [-0.4, -0.2) is 13.7 Å². The number of hydrogen-bond acceptors (Lipinski definition) is 0. The Bertz CT molecular complexity index is 2690. The highest BCUT2D eigenvalue weighted by Crippen LogP contribution is 2.38. The predicted octanol–water partition coefficient (Wildman–Crippen LogP) is 11.0. The van der Waals surface area contributed by atoms with Gasteiger partial charge in [-0.1, -0.05) is 84.9 Å². The third kappa shape index (κ3) is 3.46. The SMILES string of the molecule is c1ccc(-n2c3ccccc3c3ccc4cc5c(ccn5-c5ccc(-n6c7ccccc7c7ccccc76)cc5)cc4c32)cc1. The first-order chi connectivity index (χ1) is 22.3. The third-order valence-electron chi connectivity index (χ3n) is 9.44. The van der Waals surface area contributed by atoms with Gasteiger partial charge < -0.3 is 13.7 Å². The van der Waals surface area contributed by atoms with E-state index in [0.29, 0.717) is 0 Å². The molecule has 0 saturated heterocycles. The summed E-state index contributed by atoms with van der Waals surface area (Å²) in [6.45, 7) is 0. The van der Waals surface area contributed by atoms with Gasteiger partial charge in [0.05, 0.1) is 27.6 Å². The van der Waals surface area contributed by atoms with Crippen molar-refractivity contribution in [3.63, 3.8) is 0 Å². The van der Waals surface area contributed by atoms with Crippen LogP contribution in [0.2, 0.25) is 0 Å². The van der Waals surface area contributed by atoms with Gasteiger partial charge >= 0.3 is 0 Å². The molecule has 0 saturated carbocycles. The summed E-state index contributed by atoms with van der Waals surface area (Å²) in [7, 11) is 0. The molecule has 210 valence electrons. The minimum Gasteiger partial charge on any atom is -0.317 e. The summed E-state index contributed by atoms with van der Waals surface area (Å²) in [6.07, 6.45) is 2.20. The van der Waals surface area contributed by atoms with Crippen molar-refractivity contribution >= 4 is 65.3 Å². The van der Waals surface area contributed by atoms with Gasteiger partial charge in [-0.15, -0.1) is 0 Å². The zero-order chi connectivity index (χ0) is 29.5. The van der Waals surface area contributed by atoms with Crippen LogP contribution < -0.4 is 0 Å². The van der Waals surface area contributed by atoms with Crippen molar-refractivity contribution in [1.82, 2.24) is 13.7 Å². The van der Waals surface area contributed by atoms with Crippen molar-refractivity contribution in [2.75, 3.05) is 0 Å². The summed E-state index contributed by atoms with van der Waals surface area (Å²) in [5.74, 6) is 0. The second-order valence-corrected chi connectivity index (χ2v) is 11.9. The summed E-state index contributed by atoms with van der Waals surface area (Å²) in [6, 6.07) is 57.2. The fourth-order valence-electron chi connectivity index (χ4n) is 7.45. The molecule has 0 amide bonds. The Kier molecular flexibility index (Phi) is 5.00. The zero-order valence-electron chi connectivity index (χ0n) is 24.4. The summed E-state index contributed by atoms with van der Waals surface area (Å²) < 4.78 is 7.09. The molecule has 0 fully saturated rings. The van der Waals surface area contributed by atoms with Gasteiger partial charge in [0.1, 0.15) is 0 Å². The van der Waals surface area contributed by atoms with Crippen LogP contribution in [0.15, 0.2) is 164 Å². The average molecular weight is 574 g/mol. The van der Waals surface area contributed by atoms with Crippen LogP contribution in [0.1, 0.15) is 0 Å².